The number of methoxy groups -OCH3 is 1. The molecule has 1 N–H and O–H groups in total. The number of nitrogens with zero attached hydrogens (tertiary/aromatic N) is 3. The summed E-state index contributed by atoms with van der Waals surface area (Å²) < 4.78 is 47.4. The van der Waals surface area contributed by atoms with Gasteiger partial charge in [-0.25, -0.2) is 8.70 Å². The van der Waals surface area contributed by atoms with E-state index in [2.05, 4.69) is 5.32 Å². The predicted molar refractivity (Wildman–Crippen MR) is 149 cm³/mol. The lowest BCUT2D eigenvalue weighted by Crippen LogP contribution is -2.54. The first-order valence-electron chi connectivity index (χ1n) is 13.2. The van der Waals surface area contributed by atoms with Gasteiger partial charge >= 0.3 is 10.2 Å². The van der Waals surface area contributed by atoms with Crippen molar-refractivity contribution in [2.75, 3.05) is 32.1 Å². The Morgan fingerprint density at radius 2 is 1.74 bits per heavy atom. The van der Waals surface area contributed by atoms with Crippen molar-refractivity contribution in [2.45, 2.75) is 64.1 Å². The molecule has 0 spiro atoms. The quantitative estimate of drug-likeness (QED) is 0.425. The molecule has 0 aliphatic heterocycles. The minimum Gasteiger partial charge on any atom is -0.497 e. The van der Waals surface area contributed by atoms with Crippen molar-refractivity contribution in [3.8, 4) is 5.75 Å². The lowest BCUT2D eigenvalue weighted by Gasteiger charge is -2.35. The van der Waals surface area contributed by atoms with E-state index in [1.54, 1.807) is 25.3 Å². The fourth-order valence-corrected chi connectivity index (χ4v) is 5.81. The third kappa shape index (κ3) is 7.92. The van der Waals surface area contributed by atoms with Gasteiger partial charge in [0.1, 0.15) is 24.2 Å². The average Bonchev–Trinajstić information content (AvgIpc) is 2.92. The van der Waals surface area contributed by atoms with Gasteiger partial charge in [-0.05, 0) is 61.2 Å². The fourth-order valence-electron chi connectivity index (χ4n) is 4.76. The van der Waals surface area contributed by atoms with Crippen LogP contribution in [0, 0.1) is 5.82 Å². The van der Waals surface area contributed by atoms with Gasteiger partial charge in [-0.2, -0.15) is 12.7 Å². The molecule has 0 saturated heterocycles. The highest BCUT2D eigenvalue weighted by atomic mass is 32.2. The number of nitrogens with one attached hydrogen (secondary N) is 1. The van der Waals surface area contributed by atoms with Gasteiger partial charge in [0.25, 0.3) is 0 Å². The number of hydrogen-bond acceptors (Lipinski definition) is 5. The van der Waals surface area contributed by atoms with E-state index in [-0.39, 0.29) is 24.2 Å². The van der Waals surface area contributed by atoms with Crippen molar-refractivity contribution in [1.82, 2.24) is 14.5 Å². The molecule has 1 aliphatic carbocycles. The zero-order valence-corrected chi connectivity index (χ0v) is 23.9. The van der Waals surface area contributed by atoms with Crippen LogP contribution in [0.25, 0.3) is 0 Å². The molecule has 39 heavy (non-hydrogen) atoms. The van der Waals surface area contributed by atoms with E-state index < -0.39 is 34.5 Å². The molecule has 214 valence electrons. The second kappa shape index (κ2) is 13.7. The summed E-state index contributed by atoms with van der Waals surface area (Å²) in [6.45, 7) is 1.33. The molecule has 1 unspecified atom stereocenters. The molecule has 2 aromatic rings. The smallest absolute Gasteiger partial charge is 0.304 e. The zero-order chi connectivity index (χ0) is 28.6. The maximum Gasteiger partial charge on any atom is 0.304 e. The van der Waals surface area contributed by atoms with Crippen LogP contribution in [0.4, 0.5) is 10.1 Å². The third-order valence-corrected chi connectivity index (χ3v) is 8.78. The number of anilines is 1. The van der Waals surface area contributed by atoms with Gasteiger partial charge in [0.2, 0.25) is 11.8 Å². The van der Waals surface area contributed by atoms with Gasteiger partial charge in [0.05, 0.1) is 12.8 Å². The molecule has 0 radical (unpaired) electrons. The number of rotatable bonds is 12. The highest BCUT2D eigenvalue weighted by Crippen LogP contribution is 2.23. The Bertz CT molecular complexity index is 1220. The Hall–Kier alpha value is -3.18. The highest BCUT2D eigenvalue weighted by Gasteiger charge is 2.34. The summed E-state index contributed by atoms with van der Waals surface area (Å²) in [5, 5.41) is 3.11. The SMILES string of the molecule is CCC(C(=O)NC1CCCCC1)N(Cc1cccc(OC)c1)C(=O)CN(c1ccc(F)cc1)S(=O)(=O)N(C)C. The number of hydrogen-bond donors (Lipinski definition) is 1. The fraction of sp³-hybridized carbons (Fsp3) is 0.500. The second-order valence-electron chi connectivity index (χ2n) is 9.91. The summed E-state index contributed by atoms with van der Waals surface area (Å²) in [5.74, 6) is -0.747. The Morgan fingerprint density at radius 3 is 2.33 bits per heavy atom. The number of benzene rings is 2. The lowest BCUT2D eigenvalue weighted by atomic mass is 9.95. The van der Waals surface area contributed by atoms with Crippen LogP contribution in [0.3, 0.4) is 0 Å². The number of carbonyl (C=O) groups is 2. The number of ether oxygens (including phenoxy) is 1. The monoisotopic (exact) mass is 562 g/mol. The van der Waals surface area contributed by atoms with Gasteiger partial charge in [-0.1, -0.05) is 38.3 Å². The molecular weight excluding hydrogens is 523 g/mol. The van der Waals surface area contributed by atoms with Crippen molar-refractivity contribution < 1.29 is 27.1 Å². The molecule has 1 aliphatic rings. The van der Waals surface area contributed by atoms with Crippen LogP contribution < -0.4 is 14.4 Å². The molecule has 2 aromatic carbocycles. The highest BCUT2D eigenvalue weighted by molar-refractivity contribution is 7.90. The molecule has 3 rings (SSSR count). The minimum absolute atomic E-state index is 0.0545. The first-order chi connectivity index (χ1) is 18.6. The first kappa shape index (κ1) is 30.4. The van der Waals surface area contributed by atoms with E-state index in [0.29, 0.717) is 12.2 Å². The van der Waals surface area contributed by atoms with Crippen LogP contribution >= 0.6 is 0 Å². The van der Waals surface area contributed by atoms with Crippen molar-refractivity contribution in [2.24, 2.45) is 0 Å². The maximum atomic E-state index is 13.9. The predicted octanol–water partition coefficient (Wildman–Crippen LogP) is 3.70. The lowest BCUT2D eigenvalue weighted by molar-refractivity contribution is -0.140. The zero-order valence-electron chi connectivity index (χ0n) is 23.1. The maximum absolute atomic E-state index is 13.9. The summed E-state index contributed by atoms with van der Waals surface area (Å²) >= 11 is 0. The van der Waals surface area contributed by atoms with E-state index in [1.807, 2.05) is 13.0 Å². The molecular formula is C28H39FN4O5S. The average molecular weight is 563 g/mol. The van der Waals surface area contributed by atoms with Gasteiger partial charge < -0.3 is 15.0 Å². The summed E-state index contributed by atoms with van der Waals surface area (Å²) in [6.07, 6.45) is 5.36. The Balaban J connectivity index is 1.96. The molecule has 11 heteroatoms. The van der Waals surface area contributed by atoms with Crippen LogP contribution in [-0.4, -0.2) is 69.3 Å². The standard InChI is InChI=1S/C28H39FN4O5S/c1-5-26(28(35)30-23-11-7-6-8-12-23)32(19-21-10-9-13-25(18-21)38-4)27(34)20-33(39(36,37)31(2)3)24-16-14-22(29)15-17-24/h9-10,13-18,23,26H,5-8,11-12,19-20H2,1-4H3,(H,30,35). The van der Waals surface area contributed by atoms with E-state index in [0.717, 1.165) is 58.4 Å². The third-order valence-electron chi connectivity index (χ3n) is 6.96. The number of carbonyl (C=O) groups excluding carboxylic acids is 2. The van der Waals surface area contributed by atoms with Crippen molar-refractivity contribution in [3.05, 3.63) is 59.9 Å². The molecule has 0 bridgehead atoms. The Morgan fingerprint density at radius 1 is 1.08 bits per heavy atom. The molecule has 0 aromatic heterocycles. The van der Waals surface area contributed by atoms with Gasteiger partial charge in [-0.15, -0.1) is 0 Å². The van der Waals surface area contributed by atoms with Crippen molar-refractivity contribution in [3.63, 3.8) is 0 Å². The van der Waals surface area contributed by atoms with E-state index >= 15 is 0 Å². The summed E-state index contributed by atoms with van der Waals surface area (Å²) in [6, 6.07) is 11.3. The first-order valence-corrected chi connectivity index (χ1v) is 14.6. The van der Waals surface area contributed by atoms with E-state index in [4.69, 9.17) is 4.74 Å². The van der Waals surface area contributed by atoms with Crippen LogP contribution in [0.5, 0.6) is 5.75 Å². The van der Waals surface area contributed by atoms with E-state index in [9.17, 15) is 22.4 Å². The summed E-state index contributed by atoms with van der Waals surface area (Å²) in [7, 11) is 0.143. The molecule has 9 nitrogen and oxygen atoms in total. The van der Waals surface area contributed by atoms with Crippen molar-refractivity contribution >= 4 is 27.7 Å². The van der Waals surface area contributed by atoms with Crippen LogP contribution in [0.1, 0.15) is 51.0 Å². The summed E-state index contributed by atoms with van der Waals surface area (Å²) in [4.78, 5) is 28.8. The topological polar surface area (TPSA) is 99.3 Å². The van der Waals surface area contributed by atoms with Crippen molar-refractivity contribution in [1.29, 1.82) is 0 Å². The van der Waals surface area contributed by atoms with Crippen LogP contribution in [0.2, 0.25) is 0 Å². The van der Waals surface area contributed by atoms with Crippen LogP contribution in [-0.2, 0) is 26.3 Å². The Kier molecular flexibility index (Phi) is 10.7. The van der Waals surface area contributed by atoms with Gasteiger partial charge in [-0.3, -0.25) is 9.59 Å². The number of amides is 2. The van der Waals surface area contributed by atoms with Gasteiger partial charge in [0.15, 0.2) is 0 Å². The van der Waals surface area contributed by atoms with E-state index in [1.165, 1.54) is 31.1 Å². The minimum atomic E-state index is -4.12. The second-order valence-corrected chi connectivity index (χ2v) is 12.0. The molecule has 2 amide bonds. The molecule has 1 fully saturated rings. The summed E-state index contributed by atoms with van der Waals surface area (Å²) in [5.41, 5.74) is 0.870. The van der Waals surface area contributed by atoms with Gasteiger partial charge in [0, 0.05) is 26.7 Å². The van der Waals surface area contributed by atoms with Crippen LogP contribution in [0.15, 0.2) is 48.5 Å². The molecule has 0 heterocycles. The molecule has 1 saturated carbocycles. The largest absolute Gasteiger partial charge is 0.497 e. The Labute approximate surface area is 231 Å². The normalized spacial score (nSPS) is 15.0. The number of halogens is 1. The molecule has 1 atom stereocenters.